The van der Waals surface area contributed by atoms with E-state index in [1.807, 2.05) is 10.8 Å². The third kappa shape index (κ3) is 10.1. The fourth-order valence-electron chi connectivity index (χ4n) is 4.75. The number of benzene rings is 2. The molecule has 0 spiro atoms. The minimum absolute atomic E-state index is 0.00358. The summed E-state index contributed by atoms with van der Waals surface area (Å²) in [5, 5.41) is 0. The standard InChI is InChI=1S/C21H27N2.C10H19N.2ClH.Ru/c1-14-9-16(3)20(17(4)10-14)22-7-8-23(13-22)21-18(5)11-15(2)12-19(21)6;1-7-10(5,6)8-11-9(2,3)4;;;/h9-13H,7-8H2,1-6H3;1,8H,7H2,2-6H3;2*1H;/q-1;;;;+2/p-2. The molecule has 1 fully saturated rings. The predicted molar refractivity (Wildman–Crippen MR) is 165 cm³/mol. The second-order valence-electron chi connectivity index (χ2n) is 12.0. The molecule has 0 atom stereocenters. The molecular weight excluding hydrogens is 586 g/mol. The van der Waals surface area contributed by atoms with Gasteiger partial charge in [-0.15, -0.1) is 0 Å². The Hall–Kier alpha value is -1.22. The Balaban J connectivity index is 0.000000298. The molecule has 0 bridgehead atoms. The van der Waals surface area contributed by atoms with Gasteiger partial charge < -0.3 is 9.80 Å². The normalized spacial score (nSPS) is 14.7. The van der Waals surface area contributed by atoms with Gasteiger partial charge in [-0.3, -0.25) is 0 Å². The van der Waals surface area contributed by atoms with Crippen molar-refractivity contribution in [1.29, 1.82) is 0 Å². The summed E-state index contributed by atoms with van der Waals surface area (Å²) in [6, 6.07) is 9.12. The van der Waals surface area contributed by atoms with Gasteiger partial charge in [0, 0.05) is 24.5 Å². The summed E-state index contributed by atoms with van der Waals surface area (Å²) in [6.07, 6.45) is 2.91. The van der Waals surface area contributed by atoms with Gasteiger partial charge in [0.2, 0.25) is 0 Å². The molecule has 2 aromatic carbocycles. The Morgan fingerprint density at radius 1 is 0.784 bits per heavy atom. The molecule has 0 amide bonds. The van der Waals surface area contributed by atoms with Crippen molar-refractivity contribution in [2.24, 2.45) is 10.4 Å². The van der Waals surface area contributed by atoms with E-state index in [0.29, 0.717) is 0 Å². The Labute approximate surface area is 239 Å². The van der Waals surface area contributed by atoms with Crippen LogP contribution in [0.5, 0.6) is 0 Å². The Morgan fingerprint density at radius 2 is 1.16 bits per heavy atom. The first-order valence-corrected chi connectivity index (χ1v) is 18.4. The van der Waals surface area contributed by atoms with Crippen LogP contribution in [0.3, 0.4) is 0 Å². The van der Waals surface area contributed by atoms with E-state index < -0.39 is 13.5 Å². The first-order valence-electron chi connectivity index (χ1n) is 12.9. The molecule has 6 heteroatoms. The van der Waals surface area contributed by atoms with E-state index >= 15 is 0 Å². The molecule has 0 unspecified atom stereocenters. The number of hydrogen-bond donors (Lipinski definition) is 0. The molecular formula is C31H46Cl2N3Ru-. The fourth-order valence-corrected chi connectivity index (χ4v) is 6.58. The zero-order valence-electron chi connectivity index (χ0n) is 24.6. The quantitative estimate of drug-likeness (QED) is 0.186. The molecule has 0 N–H and O–H groups in total. The molecule has 3 nitrogen and oxygen atoms in total. The van der Waals surface area contributed by atoms with Crippen LogP contribution in [0, 0.1) is 53.6 Å². The number of aryl methyl sites for hydroxylation is 6. The Bertz CT molecular complexity index is 1030. The van der Waals surface area contributed by atoms with Crippen molar-refractivity contribution in [3.8, 4) is 0 Å². The second-order valence-corrected chi connectivity index (χ2v) is 17.9. The van der Waals surface area contributed by atoms with Gasteiger partial charge >= 0.3 is 101 Å². The van der Waals surface area contributed by atoms with Gasteiger partial charge in [-0.2, -0.15) is 6.67 Å². The number of nitrogens with zero attached hydrogens (tertiary/aromatic N) is 3. The second kappa shape index (κ2) is 13.2. The number of halogens is 2. The molecule has 1 saturated heterocycles. The summed E-state index contributed by atoms with van der Waals surface area (Å²) in [6.45, 7) is 28.1. The van der Waals surface area contributed by atoms with Crippen molar-refractivity contribution >= 4 is 41.6 Å². The maximum Gasteiger partial charge on any atom is 0.0146 e. The first kappa shape index (κ1) is 32.0. The van der Waals surface area contributed by atoms with E-state index in [1.165, 1.54) is 44.8 Å². The SMILES string of the molecule is CC(C)(C=NC(C)(C)C)C[CH]=[Ru]([Cl])[Cl].Cc1cc(C)c(N2[CH-]N(c3c(C)cc(C)cc3C)CC2)c(C)c1. The van der Waals surface area contributed by atoms with Crippen molar-refractivity contribution < 1.29 is 13.5 Å². The van der Waals surface area contributed by atoms with E-state index in [-0.39, 0.29) is 11.0 Å². The number of hydrogen-bond acceptors (Lipinski definition) is 3. The van der Waals surface area contributed by atoms with Gasteiger partial charge in [-0.05, 0) is 63.8 Å². The zero-order valence-corrected chi connectivity index (χ0v) is 27.9. The topological polar surface area (TPSA) is 18.8 Å². The van der Waals surface area contributed by atoms with Crippen molar-refractivity contribution in [3.05, 3.63) is 64.3 Å². The van der Waals surface area contributed by atoms with Crippen LogP contribution in [0.4, 0.5) is 11.4 Å². The van der Waals surface area contributed by atoms with Gasteiger partial charge in [0.05, 0.1) is 0 Å². The van der Waals surface area contributed by atoms with Crippen molar-refractivity contribution in [2.45, 2.75) is 88.1 Å². The molecule has 208 valence electrons. The largest absolute Gasteiger partial charge is 0.502 e. The van der Waals surface area contributed by atoms with Gasteiger partial charge in [0.1, 0.15) is 0 Å². The summed E-state index contributed by atoms with van der Waals surface area (Å²) in [7, 11) is 11.6. The van der Waals surface area contributed by atoms with Crippen molar-refractivity contribution in [3.63, 3.8) is 0 Å². The van der Waals surface area contributed by atoms with Crippen LogP contribution in [0.15, 0.2) is 29.3 Å². The summed E-state index contributed by atoms with van der Waals surface area (Å²) in [4.78, 5) is 9.30. The smallest absolute Gasteiger partial charge is 0.0146 e. The zero-order chi connectivity index (χ0) is 28.1. The fraction of sp³-hybridized carbons (Fsp3) is 0.516. The van der Waals surface area contributed by atoms with E-state index in [4.69, 9.17) is 19.4 Å². The molecule has 1 aliphatic heterocycles. The van der Waals surface area contributed by atoms with E-state index in [2.05, 4.69) is 122 Å². The van der Waals surface area contributed by atoms with Crippen LogP contribution >= 0.6 is 19.4 Å². The Morgan fingerprint density at radius 3 is 1.49 bits per heavy atom. The van der Waals surface area contributed by atoms with Crippen LogP contribution in [0.1, 0.15) is 74.4 Å². The molecule has 0 aliphatic carbocycles. The molecule has 37 heavy (non-hydrogen) atoms. The monoisotopic (exact) mass is 632 g/mol. The molecule has 3 rings (SSSR count). The van der Waals surface area contributed by atoms with Gasteiger partial charge in [0.25, 0.3) is 0 Å². The van der Waals surface area contributed by atoms with Gasteiger partial charge in [0.15, 0.2) is 0 Å². The number of aliphatic imine (C=N–C) groups is 1. The maximum absolute atomic E-state index is 5.78. The maximum atomic E-state index is 5.78. The van der Waals surface area contributed by atoms with Crippen molar-refractivity contribution in [1.82, 2.24) is 0 Å². The van der Waals surface area contributed by atoms with Gasteiger partial charge in [-0.1, -0.05) is 35.4 Å². The Kier molecular flexibility index (Phi) is 11.4. The van der Waals surface area contributed by atoms with Crippen LogP contribution < -0.4 is 9.80 Å². The van der Waals surface area contributed by atoms with Gasteiger partial charge in [-0.25, -0.2) is 0 Å². The third-order valence-electron chi connectivity index (χ3n) is 6.21. The molecule has 1 heterocycles. The van der Waals surface area contributed by atoms with Crippen LogP contribution in [0.25, 0.3) is 0 Å². The summed E-state index contributed by atoms with van der Waals surface area (Å²) in [5.41, 5.74) is 10.9. The minimum Gasteiger partial charge on any atom is -0.502 e. The molecule has 2 aromatic rings. The first-order chi connectivity index (χ1) is 17.0. The summed E-state index contributed by atoms with van der Waals surface area (Å²) in [5.74, 6) is 0. The van der Waals surface area contributed by atoms with E-state index in [0.717, 1.165) is 19.5 Å². The average Bonchev–Trinajstić information content (AvgIpc) is 3.18. The third-order valence-corrected chi connectivity index (χ3v) is 8.40. The van der Waals surface area contributed by atoms with Crippen LogP contribution in [-0.4, -0.2) is 29.5 Å². The minimum atomic E-state index is -1.62. The molecule has 0 radical (unpaired) electrons. The van der Waals surface area contributed by atoms with Crippen molar-refractivity contribution in [2.75, 3.05) is 22.9 Å². The summed E-state index contributed by atoms with van der Waals surface area (Å²) < 4.78 is 2.03. The van der Waals surface area contributed by atoms with Crippen LogP contribution in [-0.2, 0) is 13.5 Å². The van der Waals surface area contributed by atoms with E-state index in [1.54, 1.807) is 0 Å². The van der Waals surface area contributed by atoms with E-state index in [9.17, 15) is 0 Å². The summed E-state index contributed by atoms with van der Waals surface area (Å²) >= 11 is -1.62. The average molecular weight is 633 g/mol. The molecule has 0 aromatic heterocycles. The number of anilines is 2. The predicted octanol–water partition coefficient (Wildman–Crippen LogP) is 8.98. The van der Waals surface area contributed by atoms with Crippen LogP contribution in [0.2, 0.25) is 0 Å². The molecule has 1 aliphatic rings. The molecule has 0 saturated carbocycles. The number of rotatable bonds is 5.